The predicted molar refractivity (Wildman–Crippen MR) is 291 cm³/mol. The van der Waals surface area contributed by atoms with E-state index >= 15 is 0 Å². The number of carbonyl (C=O) groups excluding carboxylic acids is 3. The van der Waals surface area contributed by atoms with Crippen molar-refractivity contribution in [2.24, 2.45) is 5.16 Å². The topological polar surface area (TPSA) is 231 Å². The molecular weight excluding hydrogens is 1040 g/mol. The van der Waals surface area contributed by atoms with Crippen LogP contribution >= 0.6 is 23.1 Å². The Balaban J connectivity index is 0.947. The number of H-pyrrole nitrogens is 1. The highest BCUT2D eigenvalue weighted by Gasteiger charge is 2.61. The molecule has 77 heavy (non-hydrogen) atoms. The molecule has 10 rings (SSSR count). The maximum Gasteiger partial charge on any atom is 0.356 e. The number of nitrogens with zero attached hydrogens (tertiary/aromatic N) is 5. The van der Waals surface area contributed by atoms with Gasteiger partial charge in [0.15, 0.2) is 33.9 Å². The molecule has 0 aliphatic carbocycles. The first kappa shape index (κ1) is 52.5. The number of hydrogen-bond acceptors (Lipinski definition) is 16. The van der Waals surface area contributed by atoms with E-state index in [1.165, 1.54) is 29.9 Å². The highest BCUT2D eigenvalue weighted by Crippen LogP contribution is 2.42. The van der Waals surface area contributed by atoms with Crippen molar-refractivity contribution in [1.29, 1.82) is 0 Å². The van der Waals surface area contributed by atoms with Gasteiger partial charge in [0.05, 0.1) is 13.2 Å². The van der Waals surface area contributed by atoms with Crippen LogP contribution in [0.2, 0.25) is 0 Å². The van der Waals surface area contributed by atoms with Gasteiger partial charge in [0.25, 0.3) is 11.8 Å². The molecule has 4 atom stereocenters. The van der Waals surface area contributed by atoms with E-state index in [1.807, 2.05) is 152 Å². The number of ether oxygens (including phenoxy) is 3. The maximum atomic E-state index is 14.8. The number of fused-ring (bicyclic) bond motifs is 1. The van der Waals surface area contributed by atoms with Crippen molar-refractivity contribution in [1.82, 2.24) is 30.0 Å². The van der Waals surface area contributed by atoms with Gasteiger partial charge >= 0.3 is 17.1 Å². The zero-order valence-electron chi connectivity index (χ0n) is 41.6. The van der Waals surface area contributed by atoms with Gasteiger partial charge in [-0.3, -0.25) is 28.6 Å². The molecule has 3 aliphatic heterocycles. The summed E-state index contributed by atoms with van der Waals surface area (Å²) in [4.78, 5) is 80.5. The SMILES string of the molecule is CON=C(C(=O)NC1C(=O)N2C(C(=O)OC(c3ccccc3)c3ccccc3)=C(C=CSc3n[nH]c(=O)c(=O)n3CC3COC(C)(C)O3)C[S+]([O-])C12)c1csc(NC(c2ccccc2)(c2ccccc2)c2ccccc2)n1. The summed E-state index contributed by atoms with van der Waals surface area (Å²) < 4.78 is 33.5. The van der Waals surface area contributed by atoms with E-state index in [4.69, 9.17) is 24.0 Å². The van der Waals surface area contributed by atoms with Gasteiger partial charge in [-0.15, -0.1) is 16.4 Å². The standard InChI is InChI=1S/C56H50N8O10S3/c1-55(2)72-32-41(74-55)31-63-50(68)48(66)60-61-54(63)75-30-29-37-34-77(70)51-44(49(67)64(51)45(37)52(69)73-46(35-19-9-4-10-20-35)36-21-11-5-12-22-36)58-47(65)43(62-71-3)42-33-76-53(57-42)59-56(38-23-13-6-14-24-38,39-25-15-7-16-26-39)40-27-17-8-18-28-40/h4-30,33,41,44,46,51H,31-32,34H2,1-3H3,(H,57,59)(H,58,65)(H,60,66). The molecule has 5 heterocycles. The summed E-state index contributed by atoms with van der Waals surface area (Å²) in [6.45, 7) is 3.59. The number of β-lactam (4-membered cyclic amide) rings is 1. The smallest absolute Gasteiger partial charge is 0.356 e. The molecular formula is C56H50N8O10S3. The van der Waals surface area contributed by atoms with Crippen LogP contribution in [-0.4, -0.2) is 95.5 Å². The number of benzene rings is 5. The number of oxime groups is 1. The Bertz CT molecular complexity index is 3350. The number of thioether (sulfide) groups is 1. The zero-order chi connectivity index (χ0) is 53.7. The first-order valence-corrected chi connectivity index (χ1v) is 27.4. The normalized spacial score (nSPS) is 19.2. The Kier molecular flexibility index (Phi) is 15.5. The molecule has 0 radical (unpaired) electrons. The number of aromatic amines is 1. The summed E-state index contributed by atoms with van der Waals surface area (Å²) in [5, 5.41) is 19.2. The minimum Gasteiger partial charge on any atom is -0.614 e. The van der Waals surface area contributed by atoms with Gasteiger partial charge in [-0.1, -0.05) is 169 Å². The fourth-order valence-corrected chi connectivity index (χ4v) is 12.6. The largest absolute Gasteiger partial charge is 0.614 e. The Labute approximate surface area is 453 Å². The first-order chi connectivity index (χ1) is 37.3. The summed E-state index contributed by atoms with van der Waals surface area (Å²) in [6.07, 6.45) is -0.0134. The van der Waals surface area contributed by atoms with Crippen LogP contribution in [0.5, 0.6) is 0 Å². The van der Waals surface area contributed by atoms with Crippen LogP contribution in [0.25, 0.3) is 0 Å². The Morgan fingerprint density at radius 3 is 2.03 bits per heavy atom. The third-order valence-corrected chi connectivity index (χ3v) is 16.1. The van der Waals surface area contributed by atoms with E-state index in [9.17, 15) is 28.5 Å². The number of allylic oxidation sites excluding steroid dienone is 1. The van der Waals surface area contributed by atoms with Crippen LogP contribution in [-0.2, 0) is 56.7 Å². The van der Waals surface area contributed by atoms with Crippen molar-refractivity contribution in [3.05, 3.63) is 234 Å². The number of rotatable bonds is 18. The second-order valence-corrected chi connectivity index (χ2v) is 21.6. The van der Waals surface area contributed by atoms with Crippen LogP contribution in [0.4, 0.5) is 5.13 Å². The maximum absolute atomic E-state index is 14.8. The van der Waals surface area contributed by atoms with E-state index in [1.54, 1.807) is 19.2 Å². The highest BCUT2D eigenvalue weighted by molar-refractivity contribution is 8.02. The Morgan fingerprint density at radius 2 is 1.48 bits per heavy atom. The third-order valence-electron chi connectivity index (χ3n) is 12.9. The third kappa shape index (κ3) is 10.9. The lowest BCUT2D eigenvalue weighted by Crippen LogP contribution is -2.75. The van der Waals surface area contributed by atoms with E-state index in [0.717, 1.165) is 37.9 Å². The minimum absolute atomic E-state index is 0.0497. The quantitative estimate of drug-likeness (QED) is 0.0120. The van der Waals surface area contributed by atoms with Crippen molar-refractivity contribution in [3.63, 3.8) is 0 Å². The van der Waals surface area contributed by atoms with Crippen molar-refractivity contribution >= 4 is 62.9 Å². The number of anilines is 1. The minimum atomic E-state index is -1.92. The molecule has 3 N–H and O–H groups in total. The second kappa shape index (κ2) is 22.7. The predicted octanol–water partition coefficient (Wildman–Crippen LogP) is 6.60. The lowest BCUT2D eigenvalue weighted by atomic mass is 9.77. The van der Waals surface area contributed by atoms with E-state index in [2.05, 4.69) is 26.0 Å². The van der Waals surface area contributed by atoms with Gasteiger partial charge < -0.3 is 34.2 Å². The fourth-order valence-electron chi connectivity index (χ4n) is 9.46. The molecule has 2 fully saturated rings. The lowest BCUT2D eigenvalue weighted by molar-refractivity contribution is -0.154. The number of esters is 1. The van der Waals surface area contributed by atoms with E-state index < -0.39 is 75.0 Å². The van der Waals surface area contributed by atoms with Gasteiger partial charge in [-0.2, -0.15) is 0 Å². The second-order valence-electron chi connectivity index (χ2n) is 18.3. The zero-order valence-corrected chi connectivity index (χ0v) is 44.1. The van der Waals surface area contributed by atoms with Gasteiger partial charge in [-0.25, -0.2) is 14.9 Å². The van der Waals surface area contributed by atoms with Crippen LogP contribution in [0.1, 0.15) is 53.5 Å². The number of aromatic nitrogens is 4. The van der Waals surface area contributed by atoms with Crippen molar-refractivity contribution in [2.75, 3.05) is 24.8 Å². The Morgan fingerprint density at radius 1 is 0.909 bits per heavy atom. The molecule has 5 aromatic carbocycles. The number of hydrogen-bond donors (Lipinski definition) is 3. The molecule has 3 aliphatic rings. The van der Waals surface area contributed by atoms with Crippen molar-refractivity contribution < 1.29 is 38.0 Å². The molecule has 18 nitrogen and oxygen atoms in total. The molecule has 392 valence electrons. The molecule has 0 saturated carbocycles. The molecule has 21 heteroatoms. The van der Waals surface area contributed by atoms with Crippen molar-refractivity contribution in [3.8, 4) is 0 Å². The first-order valence-electron chi connectivity index (χ1n) is 24.3. The number of amides is 2. The number of nitrogens with one attached hydrogen (secondary N) is 3. The molecule has 2 saturated heterocycles. The van der Waals surface area contributed by atoms with Gasteiger partial charge in [0.2, 0.25) is 5.37 Å². The van der Waals surface area contributed by atoms with Crippen LogP contribution in [0.3, 0.4) is 0 Å². The van der Waals surface area contributed by atoms with Gasteiger partial charge in [-0.05, 0) is 64.3 Å². The van der Waals surface area contributed by atoms with Gasteiger partial charge in [0.1, 0.15) is 35.9 Å². The molecule has 2 aromatic heterocycles. The molecule has 2 amide bonds. The fraction of sp³-hybridized carbons (Fsp3) is 0.214. The summed E-state index contributed by atoms with van der Waals surface area (Å²) in [6, 6.07) is 46.5. The summed E-state index contributed by atoms with van der Waals surface area (Å²) >= 11 is 0.244. The molecule has 0 spiro atoms. The van der Waals surface area contributed by atoms with Crippen LogP contribution in [0, 0.1) is 0 Å². The van der Waals surface area contributed by atoms with Gasteiger partial charge in [0, 0.05) is 11.0 Å². The number of carbonyl (C=O) groups is 3. The van der Waals surface area contributed by atoms with E-state index in [-0.39, 0.29) is 46.7 Å². The highest BCUT2D eigenvalue weighted by atomic mass is 32.2. The average molecular weight is 1090 g/mol. The average Bonchev–Trinajstić information content (AvgIpc) is 4.08. The number of thiazole rings is 1. The molecule has 7 aromatic rings. The van der Waals surface area contributed by atoms with Crippen molar-refractivity contribution in [2.45, 2.75) is 60.5 Å². The summed E-state index contributed by atoms with van der Waals surface area (Å²) in [5.74, 6) is -3.66. The van der Waals surface area contributed by atoms with E-state index in [0.29, 0.717) is 16.3 Å². The van der Waals surface area contributed by atoms with Crippen LogP contribution in [0.15, 0.2) is 200 Å². The summed E-state index contributed by atoms with van der Waals surface area (Å²) in [5.41, 5.74) is 1.16. The summed E-state index contributed by atoms with van der Waals surface area (Å²) in [7, 11) is 1.27. The monoisotopic (exact) mass is 1090 g/mol. The molecule has 0 bridgehead atoms. The lowest BCUT2D eigenvalue weighted by Gasteiger charge is -2.49. The van der Waals surface area contributed by atoms with Crippen LogP contribution < -0.4 is 21.8 Å². The molecule has 4 unspecified atom stereocenters. The Hall–Kier alpha value is -7.92.